The van der Waals surface area contributed by atoms with Gasteiger partial charge in [-0.05, 0) is 30.2 Å². The van der Waals surface area contributed by atoms with Gasteiger partial charge in [-0.15, -0.1) is 0 Å². The number of carbonyl (C=O) groups excluding carboxylic acids is 3. The Balaban J connectivity index is 1.55. The highest BCUT2D eigenvalue weighted by atomic mass is 16.2. The zero-order valence-electron chi connectivity index (χ0n) is 18.8. The van der Waals surface area contributed by atoms with E-state index in [0.717, 1.165) is 4.68 Å². The number of urea groups is 1. The molecule has 0 radical (unpaired) electrons. The molecule has 3 aromatic carbocycles. The summed E-state index contributed by atoms with van der Waals surface area (Å²) in [6, 6.07) is 23.3. The van der Waals surface area contributed by atoms with Crippen LogP contribution in [0.25, 0.3) is 16.5 Å². The normalized spacial score (nSPS) is 17.5. The number of amides is 4. The fraction of sp³-hybridized carbons (Fsp3) is 0.115. The summed E-state index contributed by atoms with van der Waals surface area (Å²) >= 11 is 0. The molecule has 9 heteroatoms. The molecule has 1 fully saturated rings. The molecule has 5 rings (SSSR count). The highest BCUT2D eigenvalue weighted by Crippen LogP contribution is 2.31. The minimum atomic E-state index is -1.30. The van der Waals surface area contributed by atoms with Crippen LogP contribution in [0, 0.1) is 0 Å². The van der Waals surface area contributed by atoms with Gasteiger partial charge < -0.3 is 5.32 Å². The van der Waals surface area contributed by atoms with Gasteiger partial charge in [-0.25, -0.2) is 4.79 Å². The first-order valence-electron chi connectivity index (χ1n) is 11.1. The lowest BCUT2D eigenvalue weighted by molar-refractivity contribution is -0.133. The van der Waals surface area contributed by atoms with Gasteiger partial charge >= 0.3 is 6.03 Å². The van der Waals surface area contributed by atoms with Crippen molar-refractivity contribution in [3.63, 3.8) is 0 Å². The van der Waals surface area contributed by atoms with Gasteiger partial charge in [-0.3, -0.25) is 19.8 Å². The second-order valence-corrected chi connectivity index (χ2v) is 8.08. The molecule has 0 unspecified atom stereocenters. The average molecular weight is 467 g/mol. The lowest BCUT2D eigenvalue weighted by Gasteiger charge is -2.25. The van der Waals surface area contributed by atoms with Crippen LogP contribution in [0.1, 0.15) is 29.4 Å². The van der Waals surface area contributed by atoms with E-state index in [4.69, 9.17) is 0 Å². The van der Waals surface area contributed by atoms with E-state index in [0.29, 0.717) is 21.6 Å². The minimum absolute atomic E-state index is 0.0987. The molecule has 9 nitrogen and oxygen atoms in total. The van der Waals surface area contributed by atoms with Gasteiger partial charge in [0.1, 0.15) is 5.54 Å². The van der Waals surface area contributed by atoms with Crippen molar-refractivity contribution >= 4 is 28.6 Å². The third-order valence-corrected chi connectivity index (χ3v) is 6.12. The molecule has 1 aromatic heterocycles. The van der Waals surface area contributed by atoms with Crippen LogP contribution in [-0.2, 0) is 10.3 Å². The van der Waals surface area contributed by atoms with Gasteiger partial charge in [0.15, 0.2) is 5.69 Å². The number of hydrogen-bond donors (Lipinski definition) is 2. The molecule has 0 spiro atoms. The van der Waals surface area contributed by atoms with Gasteiger partial charge in [0.05, 0.1) is 11.1 Å². The quantitative estimate of drug-likeness (QED) is 0.438. The van der Waals surface area contributed by atoms with Crippen molar-refractivity contribution in [3.8, 4) is 5.69 Å². The fourth-order valence-electron chi connectivity index (χ4n) is 4.29. The average Bonchev–Trinajstić information content (AvgIpc) is 3.15. The molecule has 1 aliphatic rings. The minimum Gasteiger partial charge on any atom is -0.318 e. The van der Waals surface area contributed by atoms with Gasteiger partial charge in [-0.1, -0.05) is 73.7 Å². The molecule has 2 N–H and O–H groups in total. The van der Waals surface area contributed by atoms with Crippen molar-refractivity contribution in [2.75, 3.05) is 0 Å². The molecule has 1 atom stereocenters. The molecular formula is C26H21N5O4. The number of rotatable bonds is 5. The summed E-state index contributed by atoms with van der Waals surface area (Å²) in [6.07, 6.45) is 0.286. The Morgan fingerprint density at radius 3 is 2.14 bits per heavy atom. The SMILES string of the molecule is CC[C@]1(c2ccccc2)NC(=O)N(NC(=O)c2nn(-c3ccccc3)c(=O)c3ccccc23)C1=O. The maximum Gasteiger partial charge on any atom is 0.344 e. The van der Waals surface area contributed by atoms with Crippen molar-refractivity contribution < 1.29 is 14.4 Å². The molecule has 2 heterocycles. The topological polar surface area (TPSA) is 113 Å². The monoisotopic (exact) mass is 467 g/mol. The zero-order chi connectivity index (χ0) is 24.6. The number of aromatic nitrogens is 2. The summed E-state index contributed by atoms with van der Waals surface area (Å²) in [4.78, 5) is 52.7. The number of fused-ring (bicyclic) bond motifs is 1. The Morgan fingerprint density at radius 1 is 0.886 bits per heavy atom. The van der Waals surface area contributed by atoms with Crippen molar-refractivity contribution in [1.82, 2.24) is 25.5 Å². The van der Waals surface area contributed by atoms with E-state index in [1.807, 2.05) is 6.07 Å². The third-order valence-electron chi connectivity index (χ3n) is 6.12. The predicted octanol–water partition coefficient (Wildman–Crippen LogP) is 2.89. The van der Waals surface area contributed by atoms with Crippen LogP contribution >= 0.6 is 0 Å². The molecule has 1 saturated heterocycles. The van der Waals surface area contributed by atoms with Crippen molar-refractivity contribution in [2.24, 2.45) is 0 Å². The highest BCUT2D eigenvalue weighted by molar-refractivity contribution is 6.11. The lowest BCUT2D eigenvalue weighted by Crippen LogP contribution is -2.49. The van der Waals surface area contributed by atoms with E-state index in [1.165, 1.54) is 0 Å². The number of benzene rings is 3. The summed E-state index contributed by atoms with van der Waals surface area (Å²) in [5, 5.41) is 8.28. The summed E-state index contributed by atoms with van der Waals surface area (Å²) in [5.41, 5.74) is 1.69. The van der Waals surface area contributed by atoms with Gasteiger partial charge in [0, 0.05) is 5.39 Å². The van der Waals surface area contributed by atoms with E-state index < -0.39 is 28.9 Å². The first-order chi connectivity index (χ1) is 17.0. The van der Waals surface area contributed by atoms with Crippen LogP contribution in [0.3, 0.4) is 0 Å². The Labute approximate surface area is 200 Å². The highest BCUT2D eigenvalue weighted by Gasteiger charge is 2.52. The summed E-state index contributed by atoms with van der Waals surface area (Å²) in [6.45, 7) is 1.78. The maximum absolute atomic E-state index is 13.4. The third kappa shape index (κ3) is 3.54. The molecule has 4 aromatic rings. The van der Waals surface area contributed by atoms with Crippen LogP contribution in [-0.4, -0.2) is 32.6 Å². The molecule has 0 bridgehead atoms. The molecule has 0 saturated carbocycles. The van der Waals surface area contributed by atoms with E-state index in [9.17, 15) is 19.2 Å². The maximum atomic E-state index is 13.4. The number of nitrogens with one attached hydrogen (secondary N) is 2. The molecule has 174 valence electrons. The number of para-hydroxylation sites is 1. The fourth-order valence-corrected chi connectivity index (χ4v) is 4.29. The van der Waals surface area contributed by atoms with Crippen LogP contribution in [0.4, 0.5) is 4.79 Å². The number of hydrazine groups is 1. The number of hydrogen-bond acceptors (Lipinski definition) is 5. The predicted molar refractivity (Wildman–Crippen MR) is 129 cm³/mol. The molecule has 1 aliphatic heterocycles. The second kappa shape index (κ2) is 8.53. The van der Waals surface area contributed by atoms with Gasteiger partial charge in [-0.2, -0.15) is 14.8 Å². The molecule has 35 heavy (non-hydrogen) atoms. The van der Waals surface area contributed by atoms with Crippen molar-refractivity contribution in [2.45, 2.75) is 18.9 Å². The largest absolute Gasteiger partial charge is 0.344 e. The van der Waals surface area contributed by atoms with Crippen LogP contribution < -0.4 is 16.3 Å². The molecule has 4 amide bonds. The van der Waals surface area contributed by atoms with E-state index in [-0.39, 0.29) is 17.5 Å². The lowest BCUT2D eigenvalue weighted by atomic mass is 9.87. The smallest absolute Gasteiger partial charge is 0.318 e. The second-order valence-electron chi connectivity index (χ2n) is 8.08. The van der Waals surface area contributed by atoms with E-state index >= 15 is 0 Å². The first kappa shape index (κ1) is 22.0. The van der Waals surface area contributed by atoms with E-state index in [1.54, 1.807) is 85.8 Å². The number of imide groups is 1. The van der Waals surface area contributed by atoms with Crippen LogP contribution in [0.5, 0.6) is 0 Å². The number of carbonyl (C=O) groups is 3. The van der Waals surface area contributed by atoms with Crippen LogP contribution in [0.2, 0.25) is 0 Å². The van der Waals surface area contributed by atoms with Gasteiger partial charge in [0.2, 0.25) is 0 Å². The Bertz CT molecular complexity index is 1520. The summed E-state index contributed by atoms with van der Waals surface area (Å²) < 4.78 is 1.13. The Hall–Kier alpha value is -4.79. The summed E-state index contributed by atoms with van der Waals surface area (Å²) in [7, 11) is 0. The van der Waals surface area contributed by atoms with Gasteiger partial charge in [0.25, 0.3) is 17.4 Å². The summed E-state index contributed by atoms with van der Waals surface area (Å²) in [5.74, 6) is -1.40. The van der Waals surface area contributed by atoms with Crippen molar-refractivity contribution in [3.05, 3.63) is 107 Å². The van der Waals surface area contributed by atoms with Crippen molar-refractivity contribution in [1.29, 1.82) is 0 Å². The Kier molecular flexibility index (Phi) is 5.37. The molecular weight excluding hydrogens is 446 g/mol. The van der Waals surface area contributed by atoms with Crippen LogP contribution in [0.15, 0.2) is 89.7 Å². The van der Waals surface area contributed by atoms with E-state index in [2.05, 4.69) is 15.8 Å². The number of nitrogens with zero attached hydrogens (tertiary/aromatic N) is 3. The zero-order valence-corrected chi connectivity index (χ0v) is 18.8. The Morgan fingerprint density at radius 2 is 1.49 bits per heavy atom. The standard InChI is InChI=1S/C26H21N5O4/c1-2-26(17-11-5-3-6-12-17)24(34)31(25(35)27-26)29-22(32)21-19-15-9-10-16-20(19)23(33)30(28-21)18-13-7-4-8-14-18/h3-16H,2H2,1H3,(H,27,35)(H,29,32)/t26-/m1/s1. The first-order valence-corrected chi connectivity index (χ1v) is 11.1. The molecule has 0 aliphatic carbocycles.